The van der Waals surface area contributed by atoms with E-state index in [2.05, 4.69) is 51.9 Å². The van der Waals surface area contributed by atoms with E-state index in [1.807, 2.05) is 43.3 Å². The van der Waals surface area contributed by atoms with Crippen molar-refractivity contribution in [3.05, 3.63) is 70.6 Å². The van der Waals surface area contributed by atoms with Crippen LogP contribution in [-0.2, 0) is 15.0 Å². The fourth-order valence-corrected chi connectivity index (χ4v) is 5.93. The first-order valence-electron chi connectivity index (χ1n) is 14.7. The first kappa shape index (κ1) is 30.1. The molecule has 3 N–H and O–H groups in total. The summed E-state index contributed by atoms with van der Waals surface area (Å²) in [5.74, 6) is 0.284. The summed E-state index contributed by atoms with van der Waals surface area (Å²) in [7, 11) is 3.75. The van der Waals surface area contributed by atoms with Gasteiger partial charge in [0.1, 0.15) is 5.75 Å². The Morgan fingerprint density at radius 1 is 1.07 bits per heavy atom. The van der Waals surface area contributed by atoms with Crippen molar-refractivity contribution in [2.45, 2.75) is 70.6 Å². The zero-order valence-electron chi connectivity index (χ0n) is 25.7. The maximum atomic E-state index is 13.8. The molecule has 1 aliphatic carbocycles. The summed E-state index contributed by atoms with van der Waals surface area (Å²) in [5.41, 5.74) is 6.77. The minimum atomic E-state index is -0.521. The molecule has 1 aromatic heterocycles. The lowest BCUT2D eigenvalue weighted by Crippen LogP contribution is -2.49. The molecule has 0 spiro atoms. The van der Waals surface area contributed by atoms with Crippen molar-refractivity contribution >= 4 is 28.9 Å². The monoisotopic (exact) mass is 584 g/mol. The largest absolute Gasteiger partial charge is 0.505 e. The van der Waals surface area contributed by atoms with Gasteiger partial charge in [-0.2, -0.15) is 5.10 Å². The van der Waals surface area contributed by atoms with Gasteiger partial charge in [-0.1, -0.05) is 51.5 Å². The predicted octanol–water partition coefficient (Wildman–Crippen LogP) is 4.86. The Morgan fingerprint density at radius 2 is 1.79 bits per heavy atom. The lowest BCUT2D eigenvalue weighted by Gasteiger charge is -2.30. The molecule has 1 aliphatic heterocycles. The van der Waals surface area contributed by atoms with Crippen molar-refractivity contribution < 1.29 is 14.7 Å². The van der Waals surface area contributed by atoms with E-state index in [-0.39, 0.29) is 34.6 Å². The van der Waals surface area contributed by atoms with Gasteiger partial charge in [-0.3, -0.25) is 15.0 Å². The highest BCUT2D eigenvalue weighted by atomic mass is 16.3. The number of imide groups is 1. The highest BCUT2D eigenvalue weighted by molar-refractivity contribution is 6.57. The van der Waals surface area contributed by atoms with Crippen LogP contribution < -0.4 is 10.3 Å². The summed E-state index contributed by atoms with van der Waals surface area (Å²) < 4.78 is 0. The average Bonchev–Trinajstić information content (AvgIpc) is 3.51. The number of benzene rings is 2. The van der Waals surface area contributed by atoms with Crippen LogP contribution in [0, 0.1) is 0 Å². The summed E-state index contributed by atoms with van der Waals surface area (Å²) in [4.78, 5) is 30.6. The second kappa shape index (κ2) is 12.1. The first-order chi connectivity index (χ1) is 20.5. The van der Waals surface area contributed by atoms with Crippen molar-refractivity contribution in [3.8, 4) is 5.75 Å². The number of carbonyl (C=O) groups excluding carboxylic acids is 2. The first-order valence-corrected chi connectivity index (χ1v) is 14.7. The number of rotatable bonds is 7. The van der Waals surface area contributed by atoms with E-state index in [0.29, 0.717) is 29.1 Å². The lowest BCUT2D eigenvalue weighted by atomic mass is 9.77. The van der Waals surface area contributed by atoms with Crippen molar-refractivity contribution in [3.63, 3.8) is 0 Å². The number of hydrogen-bond acceptors (Lipinski definition) is 9. The van der Waals surface area contributed by atoms with Crippen LogP contribution >= 0.6 is 0 Å². The SMILES string of the molecule is CC1=C(CN(C)C)C(=O)N(c2ccc(C(C)(C)C)cc2)C(=O)/C1=N/Nc1cccc(C2CCCC(c3nnn[nH]3)C2)c1O. The Bertz CT molecular complexity index is 1550. The molecule has 1 fully saturated rings. The standard InChI is InChI=1S/C32H40N8O3/c1-19-25(18-39(5)6)30(42)40(23-15-13-22(14-16-23)32(2,3)4)31(43)27(19)34-33-26-12-8-11-24(28(26)41)20-9-7-10-21(17-20)29-35-37-38-36-29/h8,11-16,20-21,33,41H,7,9-10,17-18H2,1-6H3,(H,35,36,37,38)/b34-27+. The van der Waals surface area contributed by atoms with Crippen molar-refractivity contribution in [2.75, 3.05) is 31.0 Å². The van der Waals surface area contributed by atoms with Crippen LogP contribution in [0.15, 0.2) is 58.7 Å². The summed E-state index contributed by atoms with van der Waals surface area (Å²) in [6.07, 6.45) is 3.71. The number of para-hydroxylation sites is 1. The van der Waals surface area contributed by atoms with Crippen molar-refractivity contribution in [1.82, 2.24) is 25.5 Å². The van der Waals surface area contributed by atoms with E-state index >= 15 is 0 Å². The van der Waals surface area contributed by atoms with Crippen LogP contribution in [-0.4, -0.2) is 68.8 Å². The van der Waals surface area contributed by atoms with E-state index in [1.165, 1.54) is 4.90 Å². The van der Waals surface area contributed by atoms with Crippen LogP contribution in [0.3, 0.4) is 0 Å². The van der Waals surface area contributed by atoms with Gasteiger partial charge in [-0.15, -0.1) is 5.10 Å². The number of hydrazone groups is 1. The maximum absolute atomic E-state index is 13.8. The Hall–Kier alpha value is -4.38. The molecule has 43 heavy (non-hydrogen) atoms. The number of anilines is 2. The van der Waals surface area contributed by atoms with E-state index in [1.54, 1.807) is 25.1 Å². The van der Waals surface area contributed by atoms with Crippen LogP contribution in [0.1, 0.15) is 82.2 Å². The summed E-state index contributed by atoms with van der Waals surface area (Å²) in [6.45, 7) is 8.43. The van der Waals surface area contributed by atoms with Gasteiger partial charge in [0, 0.05) is 18.0 Å². The third-order valence-electron chi connectivity index (χ3n) is 8.36. The number of likely N-dealkylation sites (N-methyl/N-ethyl adjacent to an activating group) is 1. The van der Waals surface area contributed by atoms with Gasteiger partial charge < -0.3 is 10.0 Å². The van der Waals surface area contributed by atoms with Gasteiger partial charge in [0.25, 0.3) is 11.8 Å². The fourth-order valence-electron chi connectivity index (χ4n) is 5.93. The minimum Gasteiger partial charge on any atom is -0.505 e. The molecule has 2 aromatic carbocycles. The Labute approximate surface area is 252 Å². The zero-order valence-corrected chi connectivity index (χ0v) is 25.7. The number of phenolic OH excluding ortho intramolecular Hbond substituents is 1. The number of tetrazole rings is 1. The van der Waals surface area contributed by atoms with Crippen LogP contribution in [0.5, 0.6) is 5.75 Å². The minimum absolute atomic E-state index is 0.0696. The molecule has 0 bridgehead atoms. The second-order valence-corrected chi connectivity index (χ2v) is 12.7. The number of hydrogen-bond donors (Lipinski definition) is 3. The van der Waals surface area contributed by atoms with Crippen LogP contribution in [0.4, 0.5) is 11.4 Å². The smallest absolute Gasteiger partial charge is 0.286 e. The Morgan fingerprint density at radius 3 is 2.44 bits per heavy atom. The molecule has 2 aliphatic rings. The molecule has 2 heterocycles. The number of aromatic nitrogens is 4. The normalized spacial score (nSPS) is 20.8. The van der Waals surface area contributed by atoms with Gasteiger partial charge >= 0.3 is 0 Å². The molecular formula is C32H40N8O3. The molecule has 0 radical (unpaired) electrons. The molecule has 2 amide bonds. The van der Waals surface area contributed by atoms with Crippen LogP contribution in [0.2, 0.25) is 0 Å². The van der Waals surface area contributed by atoms with E-state index in [9.17, 15) is 14.7 Å². The van der Waals surface area contributed by atoms with E-state index < -0.39 is 5.91 Å². The number of carbonyl (C=O) groups is 2. The van der Waals surface area contributed by atoms with Crippen molar-refractivity contribution in [1.29, 1.82) is 0 Å². The predicted molar refractivity (Wildman–Crippen MR) is 166 cm³/mol. The summed E-state index contributed by atoms with van der Waals surface area (Å²) >= 11 is 0. The van der Waals surface area contributed by atoms with Gasteiger partial charge in [0.05, 0.1) is 11.4 Å². The number of H-pyrrole nitrogens is 1. The van der Waals surface area contributed by atoms with E-state index in [0.717, 1.165) is 42.6 Å². The Balaban J connectivity index is 1.45. The van der Waals surface area contributed by atoms with Gasteiger partial charge in [-0.25, -0.2) is 10.00 Å². The molecule has 3 aromatic rings. The number of amides is 2. The van der Waals surface area contributed by atoms with Gasteiger partial charge in [-0.05, 0) is 96.9 Å². The third-order valence-corrected chi connectivity index (χ3v) is 8.36. The van der Waals surface area contributed by atoms with Gasteiger partial charge in [0.15, 0.2) is 11.5 Å². The van der Waals surface area contributed by atoms with Crippen molar-refractivity contribution in [2.24, 2.45) is 5.10 Å². The molecule has 11 heteroatoms. The quantitative estimate of drug-likeness (QED) is 0.203. The molecule has 5 rings (SSSR count). The molecule has 2 atom stereocenters. The maximum Gasteiger partial charge on any atom is 0.286 e. The molecule has 11 nitrogen and oxygen atoms in total. The molecule has 0 saturated heterocycles. The highest BCUT2D eigenvalue weighted by Gasteiger charge is 2.38. The number of nitrogens with zero attached hydrogens (tertiary/aromatic N) is 6. The highest BCUT2D eigenvalue weighted by Crippen LogP contribution is 2.44. The van der Waals surface area contributed by atoms with E-state index in [4.69, 9.17) is 0 Å². The second-order valence-electron chi connectivity index (χ2n) is 12.7. The average molecular weight is 585 g/mol. The number of phenols is 1. The van der Waals surface area contributed by atoms with Crippen LogP contribution in [0.25, 0.3) is 0 Å². The topological polar surface area (TPSA) is 140 Å². The number of aromatic amines is 1. The number of nitrogens with one attached hydrogen (secondary N) is 2. The molecule has 2 unspecified atom stereocenters. The Kier molecular flexibility index (Phi) is 8.45. The number of aromatic hydroxyl groups is 1. The fraction of sp³-hybridized carbons (Fsp3) is 0.438. The molecular weight excluding hydrogens is 544 g/mol. The molecule has 1 saturated carbocycles. The lowest BCUT2D eigenvalue weighted by molar-refractivity contribution is -0.121. The third kappa shape index (κ3) is 6.22. The summed E-state index contributed by atoms with van der Waals surface area (Å²) in [6, 6.07) is 13.0. The van der Waals surface area contributed by atoms with Gasteiger partial charge in [0.2, 0.25) is 0 Å². The zero-order chi connectivity index (χ0) is 30.9. The summed E-state index contributed by atoms with van der Waals surface area (Å²) in [5, 5.41) is 30.2. The molecule has 226 valence electrons.